The van der Waals surface area contributed by atoms with Crippen molar-refractivity contribution in [1.29, 1.82) is 0 Å². The fourth-order valence-electron chi connectivity index (χ4n) is 4.55. The van der Waals surface area contributed by atoms with E-state index in [4.69, 9.17) is 10.4 Å². The van der Waals surface area contributed by atoms with E-state index in [1.807, 2.05) is 0 Å². The number of carbonyl (C=O) groups is 5. The number of urea groups is 1. The lowest BCUT2D eigenvalue weighted by Gasteiger charge is -2.50. The van der Waals surface area contributed by atoms with Crippen molar-refractivity contribution in [2.75, 3.05) is 39.3 Å². The monoisotopic (exact) mass is 487 g/mol. The Kier molecular flexibility index (Phi) is 6.43. The van der Waals surface area contributed by atoms with E-state index < -0.39 is 48.2 Å². The maximum Gasteiger partial charge on any atom is 0.547 e. The number of aromatic carboxylic acids is 1. The van der Waals surface area contributed by atoms with Gasteiger partial charge in [0, 0.05) is 39.3 Å². The molecule has 0 saturated carbocycles. The normalized spacial score (nSPS) is 21.2. The molecule has 5 amide bonds. The molecule has 3 heterocycles. The number of imide groups is 1. The van der Waals surface area contributed by atoms with Crippen molar-refractivity contribution >= 4 is 36.8 Å². The minimum atomic E-state index is -1.49. The van der Waals surface area contributed by atoms with Crippen molar-refractivity contribution in [3.8, 4) is 5.75 Å². The van der Waals surface area contributed by atoms with Gasteiger partial charge in [-0.25, -0.2) is 9.59 Å². The molecule has 35 heavy (non-hydrogen) atoms. The lowest BCUT2D eigenvalue weighted by atomic mass is 9.70. The van der Waals surface area contributed by atoms with Crippen LogP contribution in [-0.4, -0.2) is 107 Å². The Morgan fingerprint density at radius 3 is 2.57 bits per heavy atom. The molecule has 1 aromatic rings. The van der Waals surface area contributed by atoms with Crippen LogP contribution in [0.3, 0.4) is 0 Å². The molecule has 2 saturated heterocycles. The first-order valence-electron chi connectivity index (χ1n) is 11.2. The van der Waals surface area contributed by atoms with Gasteiger partial charge in [-0.15, -0.1) is 0 Å². The van der Waals surface area contributed by atoms with Crippen molar-refractivity contribution in [3.05, 3.63) is 29.3 Å². The van der Waals surface area contributed by atoms with Gasteiger partial charge in [0.25, 0.3) is 0 Å². The molecule has 1 unspecified atom stereocenters. The Morgan fingerprint density at radius 2 is 1.94 bits per heavy atom. The Bertz CT molecular complexity index is 1090. The van der Waals surface area contributed by atoms with Gasteiger partial charge >= 0.3 is 30.9 Å². The highest BCUT2D eigenvalue weighted by molar-refractivity contribution is 6.47. The first kappa shape index (κ1) is 24.5. The summed E-state index contributed by atoms with van der Waals surface area (Å²) < 4.78 is 5.40. The number of likely N-dealkylation sites (tertiary alicyclic amines) is 1. The average molecular weight is 487 g/mol. The zero-order chi connectivity index (χ0) is 25.5. The van der Waals surface area contributed by atoms with Crippen molar-refractivity contribution in [1.82, 2.24) is 20.0 Å². The maximum atomic E-state index is 13.1. The number of nitrogens with zero attached hydrogens (tertiary/aromatic N) is 3. The van der Waals surface area contributed by atoms with Gasteiger partial charge in [0.15, 0.2) is 0 Å². The van der Waals surface area contributed by atoms with Crippen LogP contribution < -0.4 is 15.7 Å². The van der Waals surface area contributed by atoms with Crippen molar-refractivity contribution in [2.24, 2.45) is 11.1 Å². The minimum absolute atomic E-state index is 0.0503. The van der Waals surface area contributed by atoms with Crippen LogP contribution in [0.15, 0.2) is 18.2 Å². The van der Waals surface area contributed by atoms with E-state index in [9.17, 15) is 34.1 Å². The third-order valence-electron chi connectivity index (χ3n) is 6.72. The third-order valence-corrected chi connectivity index (χ3v) is 6.72. The summed E-state index contributed by atoms with van der Waals surface area (Å²) in [5, 5.41) is 22.4. The van der Waals surface area contributed by atoms with E-state index in [0.29, 0.717) is 12.1 Å². The number of para-hydroxylation sites is 1. The number of hydrogen-bond donors (Lipinski definition) is 4. The number of hydrogen-bond acceptors (Lipinski definition) is 8. The number of carboxylic acid groups (broad SMARTS) is 1. The van der Waals surface area contributed by atoms with Gasteiger partial charge in [-0.2, -0.15) is 0 Å². The van der Waals surface area contributed by atoms with Crippen LogP contribution in [0.4, 0.5) is 4.79 Å². The molecule has 3 aliphatic heterocycles. The summed E-state index contributed by atoms with van der Waals surface area (Å²) in [6, 6.07) is 3.89. The molecule has 1 aromatic carbocycles. The van der Waals surface area contributed by atoms with Crippen LogP contribution >= 0.6 is 0 Å². The predicted molar refractivity (Wildman–Crippen MR) is 120 cm³/mol. The first-order valence-corrected chi connectivity index (χ1v) is 11.2. The zero-order valence-electron chi connectivity index (χ0n) is 19.1. The molecule has 1 atom stereocenters. The molecule has 186 valence electrons. The molecule has 3 aliphatic rings. The molecular formula is C21H26BN5O8. The smallest absolute Gasteiger partial charge is 0.534 e. The quantitative estimate of drug-likeness (QED) is 0.267. The maximum absolute atomic E-state index is 13.1. The molecule has 0 bridgehead atoms. The van der Waals surface area contributed by atoms with Gasteiger partial charge in [-0.05, 0) is 25.0 Å². The second-order valence-electron chi connectivity index (χ2n) is 8.86. The van der Waals surface area contributed by atoms with Crippen LogP contribution in [-0.2, 0) is 20.8 Å². The Morgan fingerprint density at radius 1 is 1.23 bits per heavy atom. The second-order valence-corrected chi connectivity index (χ2v) is 8.86. The lowest BCUT2D eigenvalue weighted by molar-refractivity contribution is -0.154. The summed E-state index contributed by atoms with van der Waals surface area (Å²) in [5.74, 6) is -4.17. The number of fused-ring (bicyclic) bond motifs is 1. The highest BCUT2D eigenvalue weighted by Gasteiger charge is 2.53. The summed E-state index contributed by atoms with van der Waals surface area (Å²) in [6.07, 6.45) is 0.130. The van der Waals surface area contributed by atoms with Crippen molar-refractivity contribution in [3.63, 3.8) is 0 Å². The number of likely N-dealkylation sites (N-methyl/N-ethyl adjacent to an activating group) is 1. The number of carbonyl (C=O) groups excluding carboxylic acids is 4. The molecule has 14 heteroatoms. The van der Waals surface area contributed by atoms with Crippen LogP contribution in [0.25, 0.3) is 0 Å². The molecule has 0 spiro atoms. The first-order chi connectivity index (χ1) is 16.6. The topological polar surface area (TPSA) is 183 Å². The Labute approximate surface area is 200 Å². The van der Waals surface area contributed by atoms with Gasteiger partial charge in [-0.1, -0.05) is 12.1 Å². The summed E-state index contributed by atoms with van der Waals surface area (Å²) >= 11 is 0. The molecule has 0 aromatic heterocycles. The number of nitrogens with one attached hydrogen (secondary N) is 1. The third kappa shape index (κ3) is 4.19. The van der Waals surface area contributed by atoms with Gasteiger partial charge in [0.05, 0.1) is 16.9 Å². The standard InChI is InChI=1S/C21H26BN5O8/c1-2-25-6-7-27(17(29)16(25)28)20(33)26-10-21(9-23,11-26)19(32)24-14-8-12-4-3-5-13(18(30)31)15(12)35-22(14)34/h3-5,14,34H,2,6-11,23H2,1H3,(H,24,32)(H,30,31). The summed E-state index contributed by atoms with van der Waals surface area (Å²) in [4.78, 5) is 65.2. The Hall–Kier alpha value is -3.65. The van der Waals surface area contributed by atoms with E-state index in [0.717, 1.165) is 4.90 Å². The highest BCUT2D eigenvalue weighted by atomic mass is 16.5. The molecule has 5 N–H and O–H groups in total. The van der Waals surface area contributed by atoms with Gasteiger partial charge in [0.1, 0.15) is 5.75 Å². The number of rotatable bonds is 5. The van der Waals surface area contributed by atoms with E-state index in [1.165, 1.54) is 15.9 Å². The van der Waals surface area contributed by atoms with Gasteiger partial charge in [0.2, 0.25) is 5.91 Å². The molecule has 4 rings (SSSR count). The summed E-state index contributed by atoms with van der Waals surface area (Å²) in [5.41, 5.74) is 5.15. The predicted octanol–water partition coefficient (Wildman–Crippen LogP) is -2.10. The van der Waals surface area contributed by atoms with Crippen LogP contribution in [0, 0.1) is 5.41 Å². The molecule has 13 nitrogen and oxygen atoms in total. The van der Waals surface area contributed by atoms with Gasteiger partial charge < -0.3 is 35.6 Å². The fraction of sp³-hybridized carbons (Fsp3) is 0.476. The molecule has 2 fully saturated rings. The molecular weight excluding hydrogens is 461 g/mol. The Balaban J connectivity index is 1.40. The van der Waals surface area contributed by atoms with Crippen LogP contribution in [0.5, 0.6) is 5.75 Å². The number of nitrogens with two attached hydrogens (primary N) is 1. The van der Waals surface area contributed by atoms with Gasteiger partial charge in [-0.3, -0.25) is 19.3 Å². The minimum Gasteiger partial charge on any atom is -0.534 e. The van der Waals surface area contributed by atoms with E-state index in [1.54, 1.807) is 19.1 Å². The van der Waals surface area contributed by atoms with E-state index in [2.05, 4.69) is 5.32 Å². The van der Waals surface area contributed by atoms with E-state index >= 15 is 0 Å². The van der Waals surface area contributed by atoms with Crippen LogP contribution in [0.2, 0.25) is 0 Å². The fourth-order valence-corrected chi connectivity index (χ4v) is 4.55. The highest BCUT2D eigenvalue weighted by Crippen LogP contribution is 2.33. The van der Waals surface area contributed by atoms with Crippen molar-refractivity contribution < 1.29 is 38.8 Å². The number of amides is 5. The number of piperazine rings is 1. The second kappa shape index (κ2) is 9.19. The van der Waals surface area contributed by atoms with Crippen LogP contribution in [0.1, 0.15) is 22.8 Å². The molecule has 0 radical (unpaired) electrons. The summed E-state index contributed by atoms with van der Waals surface area (Å²) in [6.45, 7) is 2.20. The number of benzene rings is 1. The lowest BCUT2D eigenvalue weighted by Crippen LogP contribution is -2.71. The van der Waals surface area contributed by atoms with E-state index in [-0.39, 0.29) is 50.5 Å². The zero-order valence-corrected chi connectivity index (χ0v) is 19.1. The number of carboxylic acids is 1. The molecule has 0 aliphatic carbocycles. The average Bonchev–Trinajstić information content (AvgIpc) is 2.80. The largest absolute Gasteiger partial charge is 0.547 e. The van der Waals surface area contributed by atoms with Crippen molar-refractivity contribution in [2.45, 2.75) is 19.3 Å². The SMILES string of the molecule is CCN1CCN(C(=O)N2CC(CN)(C(=O)NC3Cc4cccc(C(=O)O)c4OB3O)C2)C(=O)C1=O. The summed E-state index contributed by atoms with van der Waals surface area (Å²) in [7, 11) is -1.49.